The van der Waals surface area contributed by atoms with Crippen LogP contribution in [-0.4, -0.2) is 17.6 Å². The lowest BCUT2D eigenvalue weighted by Crippen LogP contribution is -2.12. The molecule has 1 aromatic heterocycles. The van der Waals surface area contributed by atoms with Gasteiger partial charge in [-0.15, -0.1) is 0 Å². The molecule has 3 aromatic rings. The molecule has 0 radical (unpaired) electrons. The van der Waals surface area contributed by atoms with Gasteiger partial charge in [0.05, 0.1) is 29.6 Å². The van der Waals surface area contributed by atoms with Gasteiger partial charge in [0.1, 0.15) is 11.8 Å². The molecule has 0 bridgehead atoms. The number of benzene rings is 2. The standard InChI is InChI=1S/C20H11F6N3O3/c1-31-19(30)17-16(28)9(7-27)8-29(17)15-3-2-11(6-12(15)21)32-18-13(22)4-10(5-14(18)23)20(24,25)26/h2-6,8H,28H2,1H3. The smallest absolute Gasteiger partial charge is 0.416 e. The van der Waals surface area contributed by atoms with Gasteiger partial charge in [0.25, 0.3) is 0 Å². The summed E-state index contributed by atoms with van der Waals surface area (Å²) >= 11 is 0. The monoisotopic (exact) mass is 455 g/mol. The Bertz CT molecular complexity index is 1240. The Hall–Kier alpha value is -4.14. The Morgan fingerprint density at radius 3 is 2.22 bits per heavy atom. The summed E-state index contributed by atoms with van der Waals surface area (Å²) in [6.45, 7) is 0. The van der Waals surface area contributed by atoms with Crippen molar-refractivity contribution in [3.8, 4) is 23.3 Å². The van der Waals surface area contributed by atoms with E-state index in [0.717, 1.165) is 30.0 Å². The van der Waals surface area contributed by atoms with Crippen molar-refractivity contribution in [2.24, 2.45) is 0 Å². The molecule has 0 saturated heterocycles. The van der Waals surface area contributed by atoms with E-state index in [9.17, 15) is 31.1 Å². The minimum Gasteiger partial charge on any atom is -0.464 e. The van der Waals surface area contributed by atoms with Gasteiger partial charge >= 0.3 is 12.1 Å². The Morgan fingerprint density at radius 1 is 1.09 bits per heavy atom. The summed E-state index contributed by atoms with van der Waals surface area (Å²) in [4.78, 5) is 12.0. The summed E-state index contributed by atoms with van der Waals surface area (Å²) in [6, 6.07) is 4.57. The summed E-state index contributed by atoms with van der Waals surface area (Å²) in [5.74, 6) is -6.95. The van der Waals surface area contributed by atoms with Crippen molar-refractivity contribution in [1.29, 1.82) is 5.26 Å². The number of rotatable bonds is 4. The first-order chi connectivity index (χ1) is 15.0. The molecule has 0 saturated carbocycles. The number of halogens is 6. The second kappa shape index (κ2) is 8.18. The van der Waals surface area contributed by atoms with Gasteiger partial charge in [-0.3, -0.25) is 0 Å². The quantitative estimate of drug-likeness (QED) is 0.444. The number of ether oxygens (including phenoxy) is 2. The zero-order chi connectivity index (χ0) is 23.8. The Morgan fingerprint density at radius 2 is 1.72 bits per heavy atom. The summed E-state index contributed by atoms with van der Waals surface area (Å²) in [7, 11) is 1.05. The maximum absolute atomic E-state index is 14.7. The van der Waals surface area contributed by atoms with E-state index in [0.29, 0.717) is 6.07 Å². The molecule has 12 heteroatoms. The van der Waals surface area contributed by atoms with Crippen LogP contribution in [0.3, 0.4) is 0 Å². The molecule has 166 valence electrons. The van der Waals surface area contributed by atoms with Crippen molar-refractivity contribution < 1.29 is 40.6 Å². The van der Waals surface area contributed by atoms with E-state index < -0.39 is 46.7 Å². The number of nitrogens with zero attached hydrogens (tertiary/aromatic N) is 2. The molecular weight excluding hydrogens is 444 g/mol. The molecule has 32 heavy (non-hydrogen) atoms. The van der Waals surface area contributed by atoms with Crippen LogP contribution in [0.25, 0.3) is 5.69 Å². The number of hydrogen-bond donors (Lipinski definition) is 1. The molecule has 0 unspecified atom stereocenters. The van der Waals surface area contributed by atoms with Crippen LogP contribution in [0.2, 0.25) is 0 Å². The highest BCUT2D eigenvalue weighted by Gasteiger charge is 2.33. The number of nitrogen functional groups attached to an aromatic ring is 1. The van der Waals surface area contributed by atoms with Crippen molar-refractivity contribution in [2.45, 2.75) is 6.18 Å². The number of carbonyl (C=O) groups is 1. The summed E-state index contributed by atoms with van der Waals surface area (Å²) in [5, 5.41) is 9.11. The fourth-order valence-corrected chi connectivity index (χ4v) is 2.79. The first-order valence-electron chi connectivity index (χ1n) is 8.51. The lowest BCUT2D eigenvalue weighted by Gasteiger charge is -2.13. The minimum atomic E-state index is -4.98. The number of methoxy groups -OCH3 is 1. The van der Waals surface area contributed by atoms with E-state index >= 15 is 0 Å². The number of esters is 1. The number of nitrogens with two attached hydrogens (primary N) is 1. The van der Waals surface area contributed by atoms with Crippen molar-refractivity contribution in [2.75, 3.05) is 12.8 Å². The van der Waals surface area contributed by atoms with Crippen LogP contribution in [0.15, 0.2) is 36.5 Å². The fourth-order valence-electron chi connectivity index (χ4n) is 2.79. The highest BCUT2D eigenvalue weighted by atomic mass is 19.4. The molecule has 0 aliphatic carbocycles. The van der Waals surface area contributed by atoms with Crippen molar-refractivity contribution in [1.82, 2.24) is 4.57 Å². The second-order valence-corrected chi connectivity index (χ2v) is 6.26. The van der Waals surface area contributed by atoms with Gasteiger partial charge < -0.3 is 19.8 Å². The average Bonchev–Trinajstić information content (AvgIpc) is 3.05. The SMILES string of the molecule is COC(=O)c1c(N)c(C#N)cn1-c1ccc(Oc2c(F)cc(C(F)(F)F)cc2F)cc1F. The van der Waals surface area contributed by atoms with Gasteiger partial charge in [0.15, 0.2) is 28.9 Å². The van der Waals surface area contributed by atoms with E-state index in [1.807, 2.05) is 0 Å². The Kier molecular flexibility index (Phi) is 5.76. The van der Waals surface area contributed by atoms with E-state index in [4.69, 9.17) is 15.7 Å². The third kappa shape index (κ3) is 4.04. The largest absolute Gasteiger partial charge is 0.464 e. The van der Waals surface area contributed by atoms with Crippen LogP contribution < -0.4 is 10.5 Å². The molecule has 2 aromatic carbocycles. The summed E-state index contributed by atoms with van der Waals surface area (Å²) < 4.78 is 91.1. The molecular formula is C20H11F6N3O3. The van der Waals surface area contributed by atoms with Crippen LogP contribution in [0, 0.1) is 28.8 Å². The lowest BCUT2D eigenvalue weighted by molar-refractivity contribution is -0.138. The molecule has 0 atom stereocenters. The van der Waals surface area contributed by atoms with Gasteiger partial charge in [0, 0.05) is 12.3 Å². The number of alkyl halides is 3. The molecule has 0 fully saturated rings. The average molecular weight is 455 g/mol. The second-order valence-electron chi connectivity index (χ2n) is 6.26. The highest BCUT2D eigenvalue weighted by molar-refractivity contribution is 5.96. The van der Waals surface area contributed by atoms with E-state index in [1.54, 1.807) is 6.07 Å². The molecule has 0 amide bonds. The van der Waals surface area contributed by atoms with Gasteiger partial charge in [0.2, 0.25) is 0 Å². The minimum absolute atomic E-state index is 0.0395. The molecule has 2 N–H and O–H groups in total. The first-order valence-corrected chi connectivity index (χ1v) is 8.51. The van der Waals surface area contributed by atoms with Gasteiger partial charge in [-0.1, -0.05) is 0 Å². The lowest BCUT2D eigenvalue weighted by atomic mass is 10.2. The maximum Gasteiger partial charge on any atom is 0.416 e. The van der Waals surface area contributed by atoms with Crippen molar-refractivity contribution in [3.05, 3.63) is 70.8 Å². The van der Waals surface area contributed by atoms with Gasteiger partial charge in [-0.05, 0) is 24.3 Å². The molecule has 0 spiro atoms. The van der Waals surface area contributed by atoms with Crippen LogP contribution in [0.4, 0.5) is 32.0 Å². The number of carbonyl (C=O) groups excluding carboxylic acids is 1. The zero-order valence-corrected chi connectivity index (χ0v) is 15.9. The highest BCUT2D eigenvalue weighted by Crippen LogP contribution is 2.36. The maximum atomic E-state index is 14.7. The van der Waals surface area contributed by atoms with Crippen molar-refractivity contribution >= 4 is 11.7 Å². The zero-order valence-electron chi connectivity index (χ0n) is 15.9. The molecule has 1 heterocycles. The van der Waals surface area contributed by atoms with Crippen LogP contribution in [0.1, 0.15) is 21.6 Å². The topological polar surface area (TPSA) is 90.3 Å². The van der Waals surface area contributed by atoms with Gasteiger partial charge in [-0.2, -0.15) is 18.4 Å². The number of nitriles is 1. The Balaban J connectivity index is 2.01. The van der Waals surface area contributed by atoms with Crippen LogP contribution >= 0.6 is 0 Å². The van der Waals surface area contributed by atoms with E-state index in [2.05, 4.69) is 4.74 Å². The third-order valence-corrected chi connectivity index (χ3v) is 4.27. The number of anilines is 1. The Labute approximate surface area is 176 Å². The van der Waals surface area contributed by atoms with E-state index in [-0.39, 0.29) is 34.8 Å². The molecule has 3 rings (SSSR count). The number of hydrogen-bond acceptors (Lipinski definition) is 5. The normalized spacial score (nSPS) is 11.2. The number of aromatic nitrogens is 1. The van der Waals surface area contributed by atoms with Crippen molar-refractivity contribution in [3.63, 3.8) is 0 Å². The summed E-state index contributed by atoms with van der Waals surface area (Å²) in [6.07, 6.45) is -3.90. The molecule has 0 aliphatic heterocycles. The fraction of sp³-hybridized carbons (Fsp3) is 0.100. The molecule has 0 aliphatic rings. The first kappa shape index (κ1) is 22.5. The van der Waals surface area contributed by atoms with Crippen LogP contribution in [-0.2, 0) is 10.9 Å². The van der Waals surface area contributed by atoms with E-state index in [1.165, 1.54) is 0 Å². The predicted octanol–water partition coefficient (Wildman–Crippen LogP) is 4.95. The van der Waals surface area contributed by atoms with Gasteiger partial charge in [-0.25, -0.2) is 18.0 Å². The molecule has 6 nitrogen and oxygen atoms in total. The summed E-state index contributed by atoms with van der Waals surface area (Å²) in [5.41, 5.74) is 3.15. The third-order valence-electron chi connectivity index (χ3n) is 4.27. The van der Waals surface area contributed by atoms with Crippen LogP contribution in [0.5, 0.6) is 11.5 Å². The predicted molar refractivity (Wildman–Crippen MR) is 97.6 cm³/mol.